The second kappa shape index (κ2) is 7.54. The Kier molecular flexibility index (Phi) is 4.79. The number of hydrogen-bond acceptors (Lipinski definition) is 6. The van der Waals surface area contributed by atoms with Gasteiger partial charge < -0.3 is 10.2 Å². The number of carbonyl (C=O) groups is 1. The van der Waals surface area contributed by atoms with E-state index in [0.717, 1.165) is 19.6 Å². The van der Waals surface area contributed by atoms with E-state index in [1.807, 2.05) is 24.3 Å². The van der Waals surface area contributed by atoms with Crippen LogP contribution in [0.3, 0.4) is 0 Å². The molecule has 0 unspecified atom stereocenters. The second-order valence-electron chi connectivity index (χ2n) is 6.43. The van der Waals surface area contributed by atoms with Crippen molar-refractivity contribution in [2.24, 2.45) is 7.05 Å². The van der Waals surface area contributed by atoms with E-state index in [1.54, 1.807) is 29.3 Å². The molecule has 2 amide bonds. The third-order valence-corrected chi connectivity index (χ3v) is 4.49. The van der Waals surface area contributed by atoms with E-state index in [1.165, 1.54) is 16.6 Å². The largest absolute Gasteiger partial charge is 0.322 e. The van der Waals surface area contributed by atoms with E-state index in [2.05, 4.69) is 30.4 Å². The summed E-state index contributed by atoms with van der Waals surface area (Å²) in [5.74, 6) is 0.540. The number of hydrogen-bond donors (Lipinski definition) is 1. The summed E-state index contributed by atoms with van der Waals surface area (Å²) in [6, 6.07) is 3.45. The molecule has 140 valence electrons. The summed E-state index contributed by atoms with van der Waals surface area (Å²) < 4.78 is 3.33. The molecular weight excluding hydrogens is 346 g/mol. The number of nitrogens with zero attached hydrogens (tertiary/aromatic N) is 8. The van der Waals surface area contributed by atoms with Crippen LogP contribution in [0.4, 0.5) is 10.5 Å². The smallest absolute Gasteiger partial charge is 0.322 e. The minimum atomic E-state index is -0.134. The molecule has 0 spiro atoms. The second-order valence-corrected chi connectivity index (χ2v) is 6.43. The van der Waals surface area contributed by atoms with Crippen molar-refractivity contribution in [3.63, 3.8) is 0 Å². The molecule has 27 heavy (non-hydrogen) atoms. The van der Waals surface area contributed by atoms with Crippen LogP contribution in [-0.2, 0) is 13.6 Å². The lowest BCUT2D eigenvalue weighted by Crippen LogP contribution is -2.49. The highest BCUT2D eigenvalue weighted by atomic mass is 16.2. The molecule has 1 aliphatic heterocycles. The standard InChI is InChI=1S/C17H21N9O/c1-23-10-14(9-20-23)11-24-5-7-25(8-6-24)17(27)22-15-3-2-4-19-16(15)26-13-18-12-21-26/h2-4,9-10,12-13H,5-8,11H2,1H3,(H,22,27). The zero-order chi connectivity index (χ0) is 18.6. The van der Waals surface area contributed by atoms with Gasteiger partial charge in [-0.05, 0) is 12.1 Å². The van der Waals surface area contributed by atoms with Crippen LogP contribution in [0.25, 0.3) is 5.82 Å². The normalized spacial score (nSPS) is 15.1. The van der Waals surface area contributed by atoms with E-state index in [9.17, 15) is 4.79 Å². The van der Waals surface area contributed by atoms with Crippen molar-refractivity contribution in [2.45, 2.75) is 6.54 Å². The first-order valence-corrected chi connectivity index (χ1v) is 8.75. The van der Waals surface area contributed by atoms with Gasteiger partial charge in [0.15, 0.2) is 5.82 Å². The van der Waals surface area contributed by atoms with Crippen LogP contribution in [-0.4, -0.2) is 71.5 Å². The molecule has 0 atom stereocenters. The summed E-state index contributed by atoms with van der Waals surface area (Å²) in [4.78, 5) is 25.0. The molecule has 1 saturated heterocycles. The van der Waals surface area contributed by atoms with Gasteiger partial charge in [-0.15, -0.1) is 0 Å². The fraction of sp³-hybridized carbons (Fsp3) is 0.353. The molecule has 0 saturated carbocycles. The van der Waals surface area contributed by atoms with E-state index >= 15 is 0 Å². The number of aromatic nitrogens is 6. The molecule has 1 aliphatic rings. The highest BCUT2D eigenvalue weighted by Gasteiger charge is 2.22. The quantitative estimate of drug-likeness (QED) is 0.731. The highest BCUT2D eigenvalue weighted by molar-refractivity contribution is 5.91. The Labute approximate surface area is 156 Å². The summed E-state index contributed by atoms with van der Waals surface area (Å²) in [6.45, 7) is 3.84. The minimum Gasteiger partial charge on any atom is -0.322 e. The fourth-order valence-electron chi connectivity index (χ4n) is 3.11. The lowest BCUT2D eigenvalue weighted by molar-refractivity contribution is 0.143. The maximum absolute atomic E-state index is 12.7. The Morgan fingerprint density at radius 3 is 2.78 bits per heavy atom. The van der Waals surface area contributed by atoms with Gasteiger partial charge in [0.05, 0.1) is 11.9 Å². The average molecular weight is 367 g/mol. The van der Waals surface area contributed by atoms with Crippen molar-refractivity contribution in [2.75, 3.05) is 31.5 Å². The van der Waals surface area contributed by atoms with Gasteiger partial charge in [-0.25, -0.2) is 19.4 Å². The van der Waals surface area contributed by atoms with E-state index in [4.69, 9.17) is 0 Å². The number of nitrogens with one attached hydrogen (secondary N) is 1. The Morgan fingerprint density at radius 2 is 2.07 bits per heavy atom. The number of rotatable bonds is 4. The molecule has 10 heteroatoms. The Hall–Kier alpha value is -3.27. The van der Waals surface area contributed by atoms with Crippen LogP contribution in [0, 0.1) is 0 Å². The summed E-state index contributed by atoms with van der Waals surface area (Å²) in [7, 11) is 1.91. The lowest BCUT2D eigenvalue weighted by Gasteiger charge is -2.34. The Morgan fingerprint density at radius 1 is 1.22 bits per heavy atom. The first-order chi connectivity index (χ1) is 13.2. The highest BCUT2D eigenvalue weighted by Crippen LogP contribution is 2.17. The Bertz CT molecular complexity index is 897. The predicted octanol–water partition coefficient (Wildman–Crippen LogP) is 0.745. The monoisotopic (exact) mass is 367 g/mol. The molecule has 0 radical (unpaired) electrons. The molecule has 10 nitrogen and oxygen atoms in total. The lowest BCUT2D eigenvalue weighted by atomic mass is 10.2. The maximum Gasteiger partial charge on any atom is 0.322 e. The van der Waals surface area contributed by atoms with E-state index in [0.29, 0.717) is 24.6 Å². The van der Waals surface area contributed by atoms with Gasteiger partial charge >= 0.3 is 6.03 Å². The third kappa shape index (κ3) is 3.95. The van der Waals surface area contributed by atoms with Gasteiger partial charge in [0.2, 0.25) is 0 Å². The molecule has 3 aromatic rings. The van der Waals surface area contributed by atoms with Gasteiger partial charge in [-0.3, -0.25) is 9.58 Å². The van der Waals surface area contributed by atoms with Crippen molar-refractivity contribution in [3.05, 3.63) is 48.9 Å². The van der Waals surface area contributed by atoms with Gasteiger partial charge in [0.25, 0.3) is 0 Å². The first kappa shape index (κ1) is 17.2. The average Bonchev–Trinajstić information content (AvgIpc) is 3.35. The minimum absolute atomic E-state index is 0.134. The zero-order valence-corrected chi connectivity index (χ0v) is 15.1. The first-order valence-electron chi connectivity index (χ1n) is 8.75. The van der Waals surface area contributed by atoms with Crippen LogP contribution < -0.4 is 5.32 Å². The summed E-state index contributed by atoms with van der Waals surface area (Å²) in [5, 5.41) is 11.2. The molecule has 0 aromatic carbocycles. The van der Waals surface area contributed by atoms with Gasteiger partial charge in [-0.2, -0.15) is 10.2 Å². The summed E-state index contributed by atoms with van der Waals surface area (Å²) in [6.07, 6.45) is 8.54. The van der Waals surface area contributed by atoms with Crippen molar-refractivity contribution >= 4 is 11.7 Å². The van der Waals surface area contributed by atoms with Crippen molar-refractivity contribution in [1.82, 2.24) is 39.3 Å². The van der Waals surface area contributed by atoms with Crippen LogP contribution in [0.1, 0.15) is 5.56 Å². The number of anilines is 1. The maximum atomic E-state index is 12.7. The number of urea groups is 1. The molecule has 0 aliphatic carbocycles. The molecule has 4 rings (SSSR count). The molecule has 1 fully saturated rings. The van der Waals surface area contributed by atoms with E-state index < -0.39 is 0 Å². The van der Waals surface area contributed by atoms with Crippen molar-refractivity contribution in [1.29, 1.82) is 0 Å². The molecule has 1 N–H and O–H groups in total. The Balaban J connectivity index is 1.35. The third-order valence-electron chi connectivity index (χ3n) is 4.49. The molecule has 3 aromatic heterocycles. The number of carbonyl (C=O) groups excluding carboxylic acids is 1. The number of amides is 2. The van der Waals surface area contributed by atoms with E-state index in [-0.39, 0.29) is 6.03 Å². The topological polar surface area (TPSA) is 97.0 Å². The summed E-state index contributed by atoms with van der Waals surface area (Å²) in [5.41, 5.74) is 1.79. The van der Waals surface area contributed by atoms with Crippen LogP contribution in [0.2, 0.25) is 0 Å². The SMILES string of the molecule is Cn1cc(CN2CCN(C(=O)Nc3cccnc3-n3cncn3)CC2)cn1. The van der Waals surface area contributed by atoms with Gasteiger partial charge in [0.1, 0.15) is 12.7 Å². The van der Waals surface area contributed by atoms with Gasteiger partial charge in [0, 0.05) is 57.7 Å². The van der Waals surface area contributed by atoms with Gasteiger partial charge in [-0.1, -0.05) is 0 Å². The van der Waals surface area contributed by atoms with Crippen LogP contribution in [0.15, 0.2) is 43.4 Å². The predicted molar refractivity (Wildman–Crippen MR) is 98.2 cm³/mol. The molecular formula is C17H21N9O. The van der Waals surface area contributed by atoms with Crippen molar-refractivity contribution < 1.29 is 4.79 Å². The number of aryl methyl sites for hydroxylation is 1. The number of pyridine rings is 1. The fourth-order valence-corrected chi connectivity index (χ4v) is 3.11. The number of piperazine rings is 1. The molecule has 0 bridgehead atoms. The molecule has 4 heterocycles. The van der Waals surface area contributed by atoms with Crippen LogP contribution >= 0.6 is 0 Å². The van der Waals surface area contributed by atoms with Crippen LogP contribution in [0.5, 0.6) is 0 Å². The zero-order valence-electron chi connectivity index (χ0n) is 15.1. The van der Waals surface area contributed by atoms with Crippen molar-refractivity contribution in [3.8, 4) is 5.82 Å². The summed E-state index contributed by atoms with van der Waals surface area (Å²) >= 11 is 0.